The van der Waals surface area contributed by atoms with Crippen molar-refractivity contribution in [3.8, 4) is 0 Å². The molecule has 1 atom stereocenters. The number of aliphatic hydroxyl groups excluding tert-OH is 1. The van der Waals surface area contributed by atoms with E-state index < -0.39 is 6.35 Å². The van der Waals surface area contributed by atoms with Gasteiger partial charge in [-0.25, -0.2) is 5.01 Å². The Kier molecular flexibility index (Phi) is 3.11. The summed E-state index contributed by atoms with van der Waals surface area (Å²) < 4.78 is 0. The van der Waals surface area contributed by atoms with Crippen LogP contribution in [0.2, 0.25) is 0 Å². The molecule has 0 amide bonds. The van der Waals surface area contributed by atoms with Crippen LogP contribution in [0.15, 0.2) is 28.6 Å². The molecular weight excluding hydrogens is 272 g/mol. The van der Waals surface area contributed by atoms with E-state index in [9.17, 15) is 5.11 Å². The molecule has 0 fully saturated rings. The lowest BCUT2D eigenvalue weighted by atomic mass is 10.1. The van der Waals surface area contributed by atoms with Gasteiger partial charge in [0, 0.05) is 12.4 Å². The third-order valence-corrected chi connectivity index (χ3v) is 3.16. The second-order valence-electron chi connectivity index (χ2n) is 3.65. The van der Waals surface area contributed by atoms with Gasteiger partial charge in [0.2, 0.25) is 6.35 Å². The van der Waals surface area contributed by atoms with Gasteiger partial charge in [-0.2, -0.15) is 5.01 Å². The molecule has 1 N–H and O–H groups in total. The highest BCUT2D eigenvalue weighted by Crippen LogP contribution is 2.30. The van der Waals surface area contributed by atoms with Gasteiger partial charge in [0.1, 0.15) is 0 Å². The Morgan fingerprint density at radius 1 is 1.44 bits per heavy atom. The lowest BCUT2D eigenvalue weighted by Crippen LogP contribution is -2.36. The molecule has 1 unspecified atom stereocenters. The van der Waals surface area contributed by atoms with E-state index in [2.05, 4.69) is 26.4 Å². The van der Waals surface area contributed by atoms with Crippen LogP contribution in [-0.4, -0.2) is 23.5 Å². The first-order chi connectivity index (χ1) is 7.65. The van der Waals surface area contributed by atoms with Gasteiger partial charge in [0.15, 0.2) is 0 Å². The molecule has 1 heterocycles. The summed E-state index contributed by atoms with van der Waals surface area (Å²) in [5.74, 6) is 0. The largest absolute Gasteiger partial charge is 0.354 e. The molecule has 0 saturated heterocycles. The number of benzene rings is 1. The maximum atomic E-state index is 9.87. The van der Waals surface area contributed by atoms with E-state index in [1.807, 2.05) is 25.1 Å². The van der Waals surface area contributed by atoms with E-state index in [1.165, 1.54) is 10.0 Å². The Morgan fingerprint density at radius 3 is 2.75 bits per heavy atom. The highest BCUT2D eigenvalue weighted by molar-refractivity contribution is 9.08. The number of aliphatic hydroxyl groups is 1. The number of halogens is 1. The predicted molar refractivity (Wildman–Crippen MR) is 64.9 cm³/mol. The second-order valence-corrected chi connectivity index (χ2v) is 4.21. The van der Waals surface area contributed by atoms with Crippen LogP contribution in [0.5, 0.6) is 0 Å². The topological polar surface area (TPSA) is 51.4 Å². The van der Waals surface area contributed by atoms with Crippen molar-refractivity contribution >= 4 is 21.6 Å². The number of alkyl halides is 1. The Bertz CT molecular complexity index is 423. The van der Waals surface area contributed by atoms with Crippen LogP contribution in [0.3, 0.4) is 0 Å². The van der Waals surface area contributed by atoms with Crippen LogP contribution in [0.25, 0.3) is 0 Å². The average Bonchev–Trinajstić information content (AvgIpc) is 2.59. The van der Waals surface area contributed by atoms with Crippen molar-refractivity contribution in [1.82, 2.24) is 5.01 Å². The van der Waals surface area contributed by atoms with Gasteiger partial charge >= 0.3 is 0 Å². The molecule has 1 aliphatic rings. The summed E-state index contributed by atoms with van der Waals surface area (Å²) in [5, 5.41) is 21.2. The Balaban J connectivity index is 2.41. The average molecular weight is 285 g/mol. The van der Waals surface area contributed by atoms with Crippen LogP contribution in [0.1, 0.15) is 11.1 Å². The number of hydrogen-bond acceptors (Lipinski definition) is 5. The molecule has 86 valence electrons. The lowest BCUT2D eigenvalue weighted by Gasteiger charge is -2.22. The SMILES string of the molecule is Cc1cccc(N2N=NN(C)C2O)c1CBr. The lowest BCUT2D eigenvalue weighted by molar-refractivity contribution is 0.0457. The third-order valence-electron chi connectivity index (χ3n) is 2.60. The van der Waals surface area contributed by atoms with Crippen molar-refractivity contribution in [3.63, 3.8) is 0 Å². The van der Waals surface area contributed by atoms with Crippen LogP contribution in [-0.2, 0) is 5.33 Å². The van der Waals surface area contributed by atoms with E-state index >= 15 is 0 Å². The van der Waals surface area contributed by atoms with Gasteiger partial charge < -0.3 is 5.11 Å². The van der Waals surface area contributed by atoms with Crippen LogP contribution in [0, 0.1) is 6.92 Å². The first-order valence-corrected chi connectivity index (χ1v) is 6.03. The molecule has 2 rings (SSSR count). The van der Waals surface area contributed by atoms with Crippen LogP contribution < -0.4 is 5.01 Å². The molecule has 0 spiro atoms. The van der Waals surface area contributed by atoms with E-state index in [-0.39, 0.29) is 0 Å². The van der Waals surface area contributed by atoms with Gasteiger partial charge in [-0.1, -0.05) is 28.1 Å². The summed E-state index contributed by atoms with van der Waals surface area (Å²) in [5.41, 5.74) is 3.14. The summed E-state index contributed by atoms with van der Waals surface area (Å²) in [6, 6.07) is 5.89. The Morgan fingerprint density at radius 2 is 2.19 bits per heavy atom. The maximum Gasteiger partial charge on any atom is 0.245 e. The minimum Gasteiger partial charge on any atom is -0.354 e. The summed E-state index contributed by atoms with van der Waals surface area (Å²) in [7, 11) is 1.68. The predicted octanol–water partition coefficient (Wildman–Crippen LogP) is 2.20. The van der Waals surface area contributed by atoms with E-state index in [0.29, 0.717) is 0 Å². The first kappa shape index (κ1) is 11.3. The molecule has 1 aromatic carbocycles. The molecule has 6 heteroatoms. The van der Waals surface area contributed by atoms with Crippen molar-refractivity contribution < 1.29 is 5.11 Å². The van der Waals surface area contributed by atoms with Gasteiger partial charge in [-0.3, -0.25) is 0 Å². The molecule has 0 saturated carbocycles. The molecular formula is C10H13BrN4O. The van der Waals surface area contributed by atoms with Crippen LogP contribution >= 0.6 is 15.9 Å². The Labute approximate surface area is 102 Å². The highest BCUT2D eigenvalue weighted by Gasteiger charge is 2.27. The summed E-state index contributed by atoms with van der Waals surface area (Å²) in [6.45, 7) is 2.03. The number of nitrogens with zero attached hydrogens (tertiary/aromatic N) is 4. The molecule has 5 nitrogen and oxygen atoms in total. The fourth-order valence-corrected chi connectivity index (χ4v) is 2.33. The fraction of sp³-hybridized carbons (Fsp3) is 0.400. The standard InChI is InChI=1S/C10H13BrN4O/c1-7-4-3-5-9(8(7)6-11)15-10(16)14(2)12-13-15/h3-5,10,16H,6H2,1-2H3. The number of hydrogen-bond donors (Lipinski definition) is 1. The second kappa shape index (κ2) is 4.39. The van der Waals surface area contributed by atoms with E-state index in [0.717, 1.165) is 22.1 Å². The quantitative estimate of drug-likeness (QED) is 0.847. The normalized spacial score (nSPS) is 19.6. The molecule has 0 aliphatic carbocycles. The van der Waals surface area contributed by atoms with Gasteiger partial charge in [0.25, 0.3) is 0 Å². The monoisotopic (exact) mass is 284 g/mol. The van der Waals surface area contributed by atoms with Gasteiger partial charge in [0.05, 0.1) is 5.69 Å². The van der Waals surface area contributed by atoms with Gasteiger partial charge in [-0.05, 0) is 34.6 Å². The highest BCUT2D eigenvalue weighted by atomic mass is 79.9. The van der Waals surface area contributed by atoms with Crippen molar-refractivity contribution in [2.45, 2.75) is 18.6 Å². The molecule has 0 bridgehead atoms. The number of rotatable bonds is 2. The fourth-order valence-electron chi connectivity index (χ4n) is 1.60. The van der Waals surface area contributed by atoms with Crippen molar-refractivity contribution in [1.29, 1.82) is 0 Å². The zero-order valence-electron chi connectivity index (χ0n) is 9.13. The minimum atomic E-state index is -0.834. The summed E-state index contributed by atoms with van der Waals surface area (Å²) in [6.07, 6.45) is -0.834. The summed E-state index contributed by atoms with van der Waals surface area (Å²) >= 11 is 3.45. The van der Waals surface area contributed by atoms with Crippen molar-refractivity contribution in [2.24, 2.45) is 10.4 Å². The minimum absolute atomic E-state index is 0.720. The molecule has 0 radical (unpaired) electrons. The Hall–Kier alpha value is -1.14. The van der Waals surface area contributed by atoms with Gasteiger partial charge in [-0.15, -0.1) is 0 Å². The number of anilines is 1. The molecule has 16 heavy (non-hydrogen) atoms. The molecule has 1 aliphatic heterocycles. The smallest absolute Gasteiger partial charge is 0.245 e. The zero-order chi connectivity index (χ0) is 11.7. The molecule has 1 aromatic rings. The molecule has 0 aromatic heterocycles. The van der Waals surface area contributed by atoms with Crippen molar-refractivity contribution in [2.75, 3.05) is 12.1 Å². The maximum absolute atomic E-state index is 9.87. The number of aryl methyl sites for hydroxylation is 1. The first-order valence-electron chi connectivity index (χ1n) is 4.91. The zero-order valence-corrected chi connectivity index (χ0v) is 10.7. The van der Waals surface area contributed by atoms with Crippen molar-refractivity contribution in [3.05, 3.63) is 29.3 Å². The van der Waals surface area contributed by atoms with E-state index in [4.69, 9.17) is 0 Å². The third kappa shape index (κ3) is 1.78. The van der Waals surface area contributed by atoms with Crippen LogP contribution in [0.4, 0.5) is 5.69 Å². The van der Waals surface area contributed by atoms with E-state index in [1.54, 1.807) is 7.05 Å². The summed E-state index contributed by atoms with van der Waals surface area (Å²) in [4.78, 5) is 0.